The van der Waals surface area contributed by atoms with E-state index in [1.165, 1.54) is 7.11 Å². The molecule has 0 radical (unpaired) electrons. The summed E-state index contributed by atoms with van der Waals surface area (Å²) >= 11 is 0. The van der Waals surface area contributed by atoms with Crippen molar-refractivity contribution in [1.82, 2.24) is 0 Å². The molecule has 0 unspecified atom stereocenters. The Labute approximate surface area is 368 Å². The van der Waals surface area contributed by atoms with Crippen LogP contribution in [0.2, 0.25) is 0 Å². The zero-order valence-corrected chi connectivity index (χ0v) is 39.2. The highest BCUT2D eigenvalue weighted by Gasteiger charge is 2.69. The minimum absolute atomic E-state index is 0.0363. The molecule has 23 atom stereocenters. The minimum atomic E-state index is -2.09. The molecule has 7 aliphatic heterocycles. The lowest BCUT2D eigenvalue weighted by Gasteiger charge is -2.57. The van der Waals surface area contributed by atoms with Gasteiger partial charge in [-0.05, 0) is 72.1 Å². The second-order valence-corrected chi connectivity index (χ2v) is 20.7. The van der Waals surface area contributed by atoms with Crippen molar-refractivity contribution in [1.29, 1.82) is 0 Å². The standard InChI is InChI=1S/C46H78O16/c1-23-19-24(2)44(9,50)61-39(23)33-15-14-31(56-33)32-16-17-35(57-32)43(8)41(54-12)27(5)46(62-43)25(3)34(52-10)20-29(58-46)21-36-42(7,60-38-18-13-30(47)28(6)55-38)40(53-11)26(4)45(51,59-36)22-37(48)49/h23-36,38-41,47,50-51H,13-22H2,1-12H3,(H,48,49)/t23-,24+,25+,26+,27-,28-,29-,30+,31+,32-,33-,34-,35+,36+,38+,39-,40+,41-,42+,43-,44+,45-,46-/m0/s1. The highest BCUT2D eigenvalue weighted by molar-refractivity contribution is 5.68. The van der Waals surface area contributed by atoms with E-state index in [0.717, 1.165) is 32.1 Å². The van der Waals surface area contributed by atoms with Crippen LogP contribution in [0.5, 0.6) is 0 Å². The van der Waals surface area contributed by atoms with E-state index >= 15 is 0 Å². The van der Waals surface area contributed by atoms with Crippen molar-refractivity contribution in [3.63, 3.8) is 0 Å². The average Bonchev–Trinajstić information content (AvgIpc) is 3.94. The summed E-state index contributed by atoms with van der Waals surface area (Å²) in [6.07, 6.45) is -0.970. The number of hydrogen-bond donors (Lipinski definition) is 4. The first-order valence-corrected chi connectivity index (χ1v) is 23.4. The molecule has 7 saturated heterocycles. The summed E-state index contributed by atoms with van der Waals surface area (Å²) in [5, 5.41) is 43.2. The van der Waals surface area contributed by atoms with Crippen LogP contribution in [0.15, 0.2) is 0 Å². The van der Waals surface area contributed by atoms with Gasteiger partial charge in [0.1, 0.15) is 11.2 Å². The SMILES string of the molecule is CO[C@H]1C[C@@H](C[C@H]2O[C@@](O)(CC(=O)O)[C@H](C)[C@@H](OC)[C@]2(C)O[C@@H]2CC[C@@H](O)[C@H](C)O2)O[C@]2(O[C@@](C)([C@H]3CC[C@@H]([C@H]4CC[C@@H]([C@H]5O[C@@](C)(O)[C@H](C)C[C@@H]5C)O4)O3)[C@@H](OC)[C@@H]2C)[C@@H]1C. The summed E-state index contributed by atoms with van der Waals surface area (Å²) in [6, 6.07) is 0. The molecule has 7 rings (SSSR count). The van der Waals surface area contributed by atoms with Crippen molar-refractivity contribution < 1.29 is 77.3 Å². The van der Waals surface area contributed by atoms with Crippen LogP contribution in [-0.2, 0) is 56.9 Å². The number of aliphatic hydroxyl groups excluding tert-OH is 1. The van der Waals surface area contributed by atoms with E-state index in [-0.39, 0.29) is 66.7 Å². The first-order valence-electron chi connectivity index (χ1n) is 23.4. The molecule has 16 nitrogen and oxygen atoms in total. The summed E-state index contributed by atoms with van der Waals surface area (Å²) in [6.45, 7) is 17.5. The average molecular weight is 887 g/mol. The highest BCUT2D eigenvalue weighted by atomic mass is 16.8. The molecule has 7 aliphatic rings. The molecule has 0 aliphatic carbocycles. The lowest BCUT2D eigenvalue weighted by atomic mass is 9.73. The lowest BCUT2D eigenvalue weighted by Crippen LogP contribution is -2.70. The van der Waals surface area contributed by atoms with Crippen LogP contribution in [-0.4, -0.2) is 156 Å². The Balaban J connectivity index is 1.12. The van der Waals surface area contributed by atoms with Crippen LogP contribution in [0.4, 0.5) is 0 Å². The maximum atomic E-state index is 12.2. The second kappa shape index (κ2) is 18.2. The van der Waals surface area contributed by atoms with Gasteiger partial charge in [-0.15, -0.1) is 0 Å². The zero-order chi connectivity index (χ0) is 45.3. The number of carboxylic acid groups (broad SMARTS) is 1. The Morgan fingerprint density at radius 3 is 2.03 bits per heavy atom. The predicted octanol–water partition coefficient (Wildman–Crippen LogP) is 4.69. The lowest BCUT2D eigenvalue weighted by molar-refractivity contribution is -0.395. The molecule has 0 aromatic carbocycles. The van der Waals surface area contributed by atoms with Gasteiger partial charge < -0.3 is 72.5 Å². The fraction of sp³-hybridized carbons (Fsp3) is 0.978. The molecule has 7 fully saturated rings. The van der Waals surface area contributed by atoms with Gasteiger partial charge in [0.05, 0.1) is 79.7 Å². The van der Waals surface area contributed by atoms with E-state index in [1.54, 1.807) is 35.0 Å². The van der Waals surface area contributed by atoms with Gasteiger partial charge in [0.2, 0.25) is 0 Å². The third kappa shape index (κ3) is 8.67. The molecular formula is C46H78O16. The molecule has 4 N–H and O–H groups in total. The van der Waals surface area contributed by atoms with Gasteiger partial charge in [-0.2, -0.15) is 0 Å². The Bertz CT molecular complexity index is 1550. The summed E-state index contributed by atoms with van der Waals surface area (Å²) in [5.41, 5.74) is -2.19. The zero-order valence-electron chi connectivity index (χ0n) is 39.2. The molecule has 0 bridgehead atoms. The van der Waals surface area contributed by atoms with Gasteiger partial charge in [-0.1, -0.05) is 34.6 Å². The van der Waals surface area contributed by atoms with Gasteiger partial charge in [0, 0.05) is 64.3 Å². The summed E-state index contributed by atoms with van der Waals surface area (Å²) in [4.78, 5) is 12.2. The van der Waals surface area contributed by atoms with Crippen molar-refractivity contribution in [2.24, 2.45) is 29.6 Å². The van der Waals surface area contributed by atoms with Crippen molar-refractivity contribution in [2.45, 2.75) is 235 Å². The summed E-state index contributed by atoms with van der Waals surface area (Å²) in [5.74, 6) is -6.77. The number of methoxy groups -OCH3 is 3. The molecular weight excluding hydrogens is 808 g/mol. The summed E-state index contributed by atoms with van der Waals surface area (Å²) < 4.78 is 72.6. The third-order valence-corrected chi connectivity index (χ3v) is 16.6. The molecule has 358 valence electrons. The van der Waals surface area contributed by atoms with Gasteiger partial charge in [-0.25, -0.2) is 0 Å². The molecule has 0 amide bonds. The minimum Gasteiger partial charge on any atom is -0.481 e. The maximum Gasteiger partial charge on any atom is 0.308 e. The van der Waals surface area contributed by atoms with Crippen molar-refractivity contribution in [3.05, 3.63) is 0 Å². The number of aliphatic carboxylic acids is 1. The molecule has 0 aromatic heterocycles. The van der Waals surface area contributed by atoms with E-state index in [0.29, 0.717) is 19.3 Å². The maximum absolute atomic E-state index is 12.2. The fourth-order valence-electron chi connectivity index (χ4n) is 12.8. The first-order chi connectivity index (χ1) is 29.0. The topological polar surface area (TPSA) is 200 Å². The molecule has 7 heterocycles. The number of ether oxygens (including phenoxy) is 11. The van der Waals surface area contributed by atoms with Crippen molar-refractivity contribution in [2.75, 3.05) is 21.3 Å². The van der Waals surface area contributed by atoms with E-state index in [1.807, 2.05) is 20.8 Å². The quantitative estimate of drug-likeness (QED) is 0.210. The Morgan fingerprint density at radius 1 is 0.726 bits per heavy atom. The largest absolute Gasteiger partial charge is 0.481 e. The van der Waals surface area contributed by atoms with Crippen LogP contribution in [0.1, 0.15) is 127 Å². The number of rotatable bonds is 12. The molecule has 0 saturated carbocycles. The van der Waals surface area contributed by atoms with Crippen LogP contribution in [0, 0.1) is 29.6 Å². The Hall–Kier alpha value is -1.09. The van der Waals surface area contributed by atoms with Gasteiger partial charge in [0.15, 0.2) is 23.7 Å². The fourth-order valence-corrected chi connectivity index (χ4v) is 12.8. The second-order valence-electron chi connectivity index (χ2n) is 20.7. The monoisotopic (exact) mass is 887 g/mol. The van der Waals surface area contributed by atoms with Crippen LogP contribution in [0.3, 0.4) is 0 Å². The predicted molar refractivity (Wildman–Crippen MR) is 222 cm³/mol. The van der Waals surface area contributed by atoms with E-state index in [2.05, 4.69) is 20.8 Å². The number of carbonyl (C=O) groups is 1. The molecule has 62 heavy (non-hydrogen) atoms. The smallest absolute Gasteiger partial charge is 0.308 e. The molecule has 1 spiro atoms. The van der Waals surface area contributed by atoms with E-state index in [4.69, 9.17) is 52.1 Å². The van der Waals surface area contributed by atoms with Gasteiger partial charge in [0.25, 0.3) is 0 Å². The van der Waals surface area contributed by atoms with Crippen LogP contribution >= 0.6 is 0 Å². The van der Waals surface area contributed by atoms with Crippen LogP contribution in [0.25, 0.3) is 0 Å². The first kappa shape index (κ1) is 48.8. The molecule has 16 heteroatoms. The third-order valence-electron chi connectivity index (χ3n) is 16.6. The Kier molecular flexibility index (Phi) is 14.3. The van der Waals surface area contributed by atoms with E-state index < -0.39 is 89.8 Å². The van der Waals surface area contributed by atoms with E-state index in [9.17, 15) is 25.2 Å². The van der Waals surface area contributed by atoms with Crippen molar-refractivity contribution >= 4 is 5.97 Å². The summed E-state index contributed by atoms with van der Waals surface area (Å²) in [7, 11) is 4.89. The normalized spacial score (nSPS) is 54.9. The number of aliphatic hydroxyl groups is 3. The highest BCUT2D eigenvalue weighted by Crippen LogP contribution is 2.57. The number of hydrogen-bond acceptors (Lipinski definition) is 15. The molecule has 0 aromatic rings. The Morgan fingerprint density at radius 2 is 1.39 bits per heavy atom. The van der Waals surface area contributed by atoms with Crippen LogP contribution < -0.4 is 0 Å². The van der Waals surface area contributed by atoms with Gasteiger partial charge in [-0.3, -0.25) is 4.79 Å². The van der Waals surface area contributed by atoms with Gasteiger partial charge >= 0.3 is 5.97 Å². The van der Waals surface area contributed by atoms with Crippen molar-refractivity contribution in [3.8, 4) is 0 Å². The number of carboxylic acids is 1.